The number of nitrogens with zero attached hydrogens (tertiary/aromatic N) is 5. The monoisotopic (exact) mass is 333 g/mol. The molecule has 0 amide bonds. The fourth-order valence-corrected chi connectivity index (χ4v) is 3.49. The molecular weight excluding hydrogens is 310 g/mol. The Kier molecular flexibility index (Phi) is 4.46. The third-order valence-corrected chi connectivity index (χ3v) is 4.89. The van der Waals surface area contributed by atoms with Crippen molar-refractivity contribution in [2.45, 2.75) is 26.2 Å². The van der Waals surface area contributed by atoms with Gasteiger partial charge >= 0.3 is 0 Å². The molecule has 0 N–H and O–H groups in total. The van der Waals surface area contributed by atoms with E-state index in [1.807, 2.05) is 30.1 Å². The number of aryl methyl sites for hydroxylation is 1. The molecule has 0 atom stereocenters. The maximum absolute atomic E-state index is 4.48. The minimum Gasteiger partial charge on any atom is -0.356 e. The Balaban J connectivity index is 1.41. The standard InChI is InChI=1S/C20H23N5/c1-16-13-23-25(14-16)20-12-19(21-15-22-20)24-9-7-18(8-10-24)11-17-5-3-2-4-6-17/h2-6,12-15,18H,7-11H2,1H3. The van der Waals surface area contributed by atoms with Crippen molar-refractivity contribution in [3.8, 4) is 5.82 Å². The highest BCUT2D eigenvalue weighted by Crippen LogP contribution is 2.25. The van der Waals surface area contributed by atoms with Crippen LogP contribution in [0.3, 0.4) is 0 Å². The van der Waals surface area contributed by atoms with Crippen molar-refractivity contribution in [3.05, 3.63) is 66.2 Å². The van der Waals surface area contributed by atoms with Gasteiger partial charge in [0.1, 0.15) is 12.1 Å². The van der Waals surface area contributed by atoms with E-state index < -0.39 is 0 Å². The Morgan fingerprint density at radius 2 is 1.80 bits per heavy atom. The maximum Gasteiger partial charge on any atom is 0.158 e. The quantitative estimate of drug-likeness (QED) is 0.734. The lowest BCUT2D eigenvalue weighted by Crippen LogP contribution is -2.35. The van der Waals surface area contributed by atoms with Crippen LogP contribution in [0.5, 0.6) is 0 Å². The molecule has 0 radical (unpaired) electrons. The number of anilines is 1. The van der Waals surface area contributed by atoms with E-state index in [0.717, 1.165) is 36.2 Å². The second kappa shape index (κ2) is 7.05. The summed E-state index contributed by atoms with van der Waals surface area (Å²) in [6.07, 6.45) is 9.05. The number of rotatable bonds is 4. The van der Waals surface area contributed by atoms with Crippen LogP contribution in [0.25, 0.3) is 5.82 Å². The van der Waals surface area contributed by atoms with Gasteiger partial charge in [0.05, 0.1) is 6.20 Å². The molecule has 1 aliphatic rings. The van der Waals surface area contributed by atoms with Crippen LogP contribution in [0.4, 0.5) is 5.82 Å². The van der Waals surface area contributed by atoms with Crippen molar-refractivity contribution in [1.29, 1.82) is 0 Å². The van der Waals surface area contributed by atoms with E-state index >= 15 is 0 Å². The number of hydrogen-bond acceptors (Lipinski definition) is 4. The highest BCUT2D eigenvalue weighted by Gasteiger charge is 2.21. The molecule has 25 heavy (non-hydrogen) atoms. The smallest absolute Gasteiger partial charge is 0.158 e. The van der Waals surface area contributed by atoms with Crippen LogP contribution in [0.1, 0.15) is 24.0 Å². The van der Waals surface area contributed by atoms with Gasteiger partial charge in [0.2, 0.25) is 0 Å². The molecule has 1 aromatic carbocycles. The molecule has 5 nitrogen and oxygen atoms in total. The number of aromatic nitrogens is 4. The molecule has 4 rings (SSSR count). The van der Waals surface area contributed by atoms with Gasteiger partial charge in [-0.3, -0.25) is 0 Å². The molecule has 0 spiro atoms. The van der Waals surface area contributed by atoms with Crippen molar-refractivity contribution in [2.24, 2.45) is 5.92 Å². The Morgan fingerprint density at radius 1 is 1.04 bits per heavy atom. The van der Waals surface area contributed by atoms with Crippen molar-refractivity contribution >= 4 is 5.82 Å². The molecule has 2 aromatic heterocycles. The number of piperidine rings is 1. The summed E-state index contributed by atoms with van der Waals surface area (Å²) in [5, 5.41) is 4.34. The van der Waals surface area contributed by atoms with E-state index in [0.29, 0.717) is 0 Å². The van der Waals surface area contributed by atoms with E-state index in [4.69, 9.17) is 0 Å². The molecule has 3 heterocycles. The van der Waals surface area contributed by atoms with E-state index in [-0.39, 0.29) is 0 Å². The lowest BCUT2D eigenvalue weighted by molar-refractivity contribution is 0.402. The van der Waals surface area contributed by atoms with Gasteiger partial charge in [0.25, 0.3) is 0 Å². The van der Waals surface area contributed by atoms with Gasteiger partial charge in [-0.2, -0.15) is 5.10 Å². The molecular formula is C20H23N5. The zero-order chi connectivity index (χ0) is 17.1. The third kappa shape index (κ3) is 3.71. The first kappa shape index (κ1) is 15.8. The van der Waals surface area contributed by atoms with Crippen LogP contribution < -0.4 is 4.90 Å². The summed E-state index contributed by atoms with van der Waals surface area (Å²) < 4.78 is 1.81. The van der Waals surface area contributed by atoms with Gasteiger partial charge in [-0.05, 0) is 43.2 Å². The molecule has 5 heteroatoms. The summed E-state index contributed by atoms with van der Waals surface area (Å²) in [7, 11) is 0. The van der Waals surface area contributed by atoms with Crippen molar-refractivity contribution in [2.75, 3.05) is 18.0 Å². The third-order valence-electron chi connectivity index (χ3n) is 4.89. The summed E-state index contributed by atoms with van der Waals surface area (Å²) in [5.41, 5.74) is 2.57. The SMILES string of the molecule is Cc1cnn(-c2cc(N3CCC(Cc4ccccc4)CC3)ncn2)c1. The van der Waals surface area contributed by atoms with E-state index in [2.05, 4.69) is 50.3 Å². The van der Waals surface area contributed by atoms with E-state index in [9.17, 15) is 0 Å². The number of benzene rings is 1. The summed E-state index contributed by atoms with van der Waals surface area (Å²) in [5.74, 6) is 2.58. The first-order valence-electron chi connectivity index (χ1n) is 8.90. The molecule has 128 valence electrons. The molecule has 3 aromatic rings. The second-order valence-corrected chi connectivity index (χ2v) is 6.82. The average Bonchev–Trinajstić information content (AvgIpc) is 3.10. The molecule has 0 aliphatic carbocycles. The molecule has 1 aliphatic heterocycles. The summed E-state index contributed by atoms with van der Waals surface area (Å²) in [4.78, 5) is 11.2. The van der Waals surface area contributed by atoms with Crippen molar-refractivity contribution < 1.29 is 0 Å². The largest absolute Gasteiger partial charge is 0.356 e. The lowest BCUT2D eigenvalue weighted by Gasteiger charge is -2.33. The van der Waals surface area contributed by atoms with Crippen LogP contribution in [0.2, 0.25) is 0 Å². The van der Waals surface area contributed by atoms with Crippen LogP contribution in [0.15, 0.2) is 55.1 Å². The molecule has 1 saturated heterocycles. The Labute approximate surface area is 148 Å². The second-order valence-electron chi connectivity index (χ2n) is 6.82. The van der Waals surface area contributed by atoms with Gasteiger partial charge in [0.15, 0.2) is 5.82 Å². The first-order valence-corrected chi connectivity index (χ1v) is 8.90. The molecule has 0 unspecified atom stereocenters. The zero-order valence-corrected chi connectivity index (χ0v) is 14.5. The lowest BCUT2D eigenvalue weighted by atomic mass is 9.90. The fraction of sp³-hybridized carbons (Fsp3) is 0.350. The highest BCUT2D eigenvalue weighted by atomic mass is 15.3. The van der Waals surface area contributed by atoms with Gasteiger partial charge in [-0.15, -0.1) is 0 Å². The minimum absolute atomic E-state index is 0.758. The zero-order valence-electron chi connectivity index (χ0n) is 14.5. The minimum atomic E-state index is 0.758. The van der Waals surface area contributed by atoms with Gasteiger partial charge in [0, 0.05) is 25.4 Å². The maximum atomic E-state index is 4.48. The first-order chi connectivity index (χ1) is 12.3. The summed E-state index contributed by atoms with van der Waals surface area (Å²) >= 11 is 0. The van der Waals surface area contributed by atoms with E-state index in [1.54, 1.807) is 6.33 Å². The normalized spacial score (nSPS) is 15.5. The van der Waals surface area contributed by atoms with Gasteiger partial charge in [-0.1, -0.05) is 30.3 Å². The number of hydrogen-bond donors (Lipinski definition) is 0. The van der Waals surface area contributed by atoms with Crippen LogP contribution in [-0.4, -0.2) is 32.8 Å². The molecule has 0 saturated carbocycles. The van der Waals surface area contributed by atoms with E-state index in [1.165, 1.54) is 24.8 Å². The molecule has 1 fully saturated rings. The van der Waals surface area contributed by atoms with Crippen LogP contribution >= 0.6 is 0 Å². The topological polar surface area (TPSA) is 46.8 Å². The van der Waals surface area contributed by atoms with Crippen molar-refractivity contribution in [3.63, 3.8) is 0 Å². The average molecular weight is 333 g/mol. The molecule has 0 bridgehead atoms. The predicted octanol–water partition coefficient (Wildman–Crippen LogP) is 3.43. The van der Waals surface area contributed by atoms with Gasteiger partial charge < -0.3 is 4.90 Å². The van der Waals surface area contributed by atoms with Gasteiger partial charge in [-0.25, -0.2) is 14.6 Å². The summed E-state index contributed by atoms with van der Waals surface area (Å²) in [6.45, 7) is 4.13. The Hall–Kier alpha value is -2.69. The Bertz CT molecular complexity index is 819. The highest BCUT2D eigenvalue weighted by molar-refractivity contribution is 5.43. The predicted molar refractivity (Wildman–Crippen MR) is 99.0 cm³/mol. The Morgan fingerprint density at radius 3 is 2.52 bits per heavy atom. The summed E-state index contributed by atoms with van der Waals surface area (Å²) in [6, 6.07) is 12.8. The fourth-order valence-electron chi connectivity index (χ4n) is 3.49. The van der Waals surface area contributed by atoms with Crippen LogP contribution in [-0.2, 0) is 6.42 Å². The van der Waals surface area contributed by atoms with Crippen LogP contribution in [0, 0.1) is 12.8 Å². The van der Waals surface area contributed by atoms with Crippen molar-refractivity contribution in [1.82, 2.24) is 19.7 Å².